The van der Waals surface area contributed by atoms with Crippen LogP contribution in [0.5, 0.6) is 5.75 Å². The van der Waals surface area contributed by atoms with Crippen molar-refractivity contribution in [2.24, 2.45) is 5.10 Å². The predicted octanol–water partition coefficient (Wildman–Crippen LogP) is 2.33. The smallest absolute Gasteiger partial charge is 0.418 e. The fourth-order valence-electron chi connectivity index (χ4n) is 2.60. The molecule has 182 valence electrons. The van der Waals surface area contributed by atoms with Crippen LogP contribution in [0.15, 0.2) is 53.6 Å². The number of nitrogens with zero attached hydrogens (tertiary/aromatic N) is 1. The largest absolute Gasteiger partial charge is 0.483 e. The van der Waals surface area contributed by atoms with Gasteiger partial charge in [0.15, 0.2) is 6.61 Å². The van der Waals surface area contributed by atoms with Crippen molar-refractivity contribution in [2.75, 3.05) is 32.2 Å². The molecular weight excluding hydrogens is 457 g/mol. The van der Waals surface area contributed by atoms with Crippen LogP contribution < -0.4 is 20.8 Å². The predicted molar refractivity (Wildman–Crippen MR) is 117 cm³/mol. The number of ether oxygens (including phenoxy) is 2. The minimum Gasteiger partial charge on any atom is -0.483 e. The first-order valence-electron chi connectivity index (χ1n) is 10.0. The fraction of sp³-hybridized carbons (Fsp3) is 0.273. The van der Waals surface area contributed by atoms with Crippen molar-refractivity contribution >= 4 is 29.6 Å². The fourth-order valence-corrected chi connectivity index (χ4v) is 2.60. The number of halogens is 3. The molecule has 0 heterocycles. The van der Waals surface area contributed by atoms with E-state index >= 15 is 0 Å². The minimum atomic E-state index is -4.63. The molecule has 2 aromatic rings. The molecule has 0 aliphatic carbocycles. The lowest BCUT2D eigenvalue weighted by atomic mass is 10.1. The van der Waals surface area contributed by atoms with Crippen LogP contribution >= 0.6 is 0 Å². The van der Waals surface area contributed by atoms with Crippen LogP contribution in [0, 0.1) is 0 Å². The molecule has 3 N–H and O–H groups in total. The number of carbonyl (C=O) groups excluding carboxylic acids is 3. The van der Waals surface area contributed by atoms with Crippen molar-refractivity contribution in [3.05, 3.63) is 59.7 Å². The van der Waals surface area contributed by atoms with Crippen LogP contribution in [-0.2, 0) is 25.3 Å². The van der Waals surface area contributed by atoms with Gasteiger partial charge in [-0.2, -0.15) is 18.3 Å². The first-order valence-corrected chi connectivity index (χ1v) is 10.0. The Kier molecular flexibility index (Phi) is 10.0. The van der Waals surface area contributed by atoms with E-state index in [4.69, 9.17) is 9.47 Å². The first-order chi connectivity index (χ1) is 16.2. The number of alkyl halides is 3. The molecule has 0 unspecified atom stereocenters. The van der Waals surface area contributed by atoms with Crippen LogP contribution in [0.25, 0.3) is 0 Å². The van der Waals surface area contributed by atoms with Gasteiger partial charge in [-0.05, 0) is 30.7 Å². The molecule has 3 amide bonds. The average molecular weight is 480 g/mol. The normalized spacial score (nSPS) is 11.2. The SMILES string of the molecule is COCCCNC(=O)C(=O)N/N=C\c1ccccc1OCC(=O)Nc1ccccc1C(F)(F)F. The Labute approximate surface area is 193 Å². The summed E-state index contributed by atoms with van der Waals surface area (Å²) in [4.78, 5) is 35.5. The zero-order chi connectivity index (χ0) is 25.0. The van der Waals surface area contributed by atoms with Crippen LogP contribution in [0.3, 0.4) is 0 Å². The molecule has 2 rings (SSSR count). The third-order valence-electron chi connectivity index (χ3n) is 4.17. The lowest BCUT2D eigenvalue weighted by Crippen LogP contribution is -2.38. The highest BCUT2D eigenvalue weighted by atomic mass is 19.4. The summed E-state index contributed by atoms with van der Waals surface area (Å²) in [6, 6.07) is 10.9. The first kappa shape index (κ1) is 26.3. The molecule has 0 radical (unpaired) electrons. The van der Waals surface area contributed by atoms with Gasteiger partial charge >= 0.3 is 18.0 Å². The number of anilines is 1. The van der Waals surface area contributed by atoms with E-state index in [-0.39, 0.29) is 18.0 Å². The molecule has 0 bridgehead atoms. The van der Waals surface area contributed by atoms with Gasteiger partial charge in [-0.15, -0.1) is 0 Å². The molecule has 0 saturated heterocycles. The Morgan fingerprint density at radius 2 is 1.74 bits per heavy atom. The van der Waals surface area contributed by atoms with E-state index in [1.54, 1.807) is 18.2 Å². The molecule has 0 spiro atoms. The van der Waals surface area contributed by atoms with Gasteiger partial charge in [0.1, 0.15) is 5.75 Å². The number of rotatable bonds is 10. The van der Waals surface area contributed by atoms with Crippen molar-refractivity contribution in [3.8, 4) is 5.75 Å². The second-order valence-corrected chi connectivity index (χ2v) is 6.72. The van der Waals surface area contributed by atoms with E-state index in [9.17, 15) is 27.6 Å². The summed E-state index contributed by atoms with van der Waals surface area (Å²) in [6.07, 6.45) is -2.89. The van der Waals surface area contributed by atoms with Gasteiger partial charge in [-0.25, -0.2) is 5.43 Å². The van der Waals surface area contributed by atoms with Crippen LogP contribution in [0.4, 0.5) is 18.9 Å². The topological polar surface area (TPSA) is 118 Å². The Morgan fingerprint density at radius 1 is 1.03 bits per heavy atom. The van der Waals surface area contributed by atoms with Crippen LogP contribution in [0.1, 0.15) is 17.5 Å². The van der Waals surface area contributed by atoms with E-state index in [2.05, 4.69) is 21.2 Å². The van der Waals surface area contributed by atoms with Gasteiger partial charge in [0.05, 0.1) is 17.5 Å². The number of hydrogen-bond donors (Lipinski definition) is 3. The summed E-state index contributed by atoms with van der Waals surface area (Å²) in [5.74, 6) is -2.46. The van der Waals surface area contributed by atoms with Crippen LogP contribution in [0.2, 0.25) is 0 Å². The maximum absolute atomic E-state index is 13.1. The van der Waals surface area contributed by atoms with Gasteiger partial charge in [0.25, 0.3) is 5.91 Å². The summed E-state index contributed by atoms with van der Waals surface area (Å²) in [5, 5.41) is 8.26. The lowest BCUT2D eigenvalue weighted by molar-refractivity contribution is -0.139. The molecule has 9 nitrogen and oxygen atoms in total. The number of hydrogen-bond acceptors (Lipinski definition) is 6. The molecule has 2 aromatic carbocycles. The Hall–Kier alpha value is -3.93. The highest BCUT2D eigenvalue weighted by molar-refractivity contribution is 6.35. The number of amides is 3. The van der Waals surface area contributed by atoms with E-state index in [1.165, 1.54) is 31.5 Å². The zero-order valence-corrected chi connectivity index (χ0v) is 18.1. The summed E-state index contributed by atoms with van der Waals surface area (Å²) in [6.45, 7) is 0.118. The van der Waals surface area contributed by atoms with Crippen LogP contribution in [-0.4, -0.2) is 50.8 Å². The molecule has 12 heteroatoms. The maximum atomic E-state index is 13.1. The molecule has 34 heavy (non-hydrogen) atoms. The van der Waals surface area contributed by atoms with Gasteiger partial charge in [0, 0.05) is 25.8 Å². The highest BCUT2D eigenvalue weighted by Gasteiger charge is 2.33. The number of carbonyl (C=O) groups is 3. The molecule has 0 aliphatic heterocycles. The quantitative estimate of drug-likeness (QED) is 0.209. The van der Waals surface area contributed by atoms with Crippen molar-refractivity contribution < 1.29 is 37.0 Å². The second kappa shape index (κ2) is 12.9. The van der Waals surface area contributed by atoms with Crippen molar-refractivity contribution in [1.29, 1.82) is 0 Å². The third kappa shape index (κ3) is 8.54. The van der Waals surface area contributed by atoms with E-state index in [0.717, 1.165) is 12.1 Å². The van der Waals surface area contributed by atoms with Crippen molar-refractivity contribution in [1.82, 2.24) is 10.7 Å². The van der Waals surface area contributed by atoms with E-state index in [1.807, 2.05) is 0 Å². The molecule has 0 aromatic heterocycles. The summed E-state index contributed by atoms with van der Waals surface area (Å²) >= 11 is 0. The molecule has 0 atom stereocenters. The monoisotopic (exact) mass is 480 g/mol. The van der Waals surface area contributed by atoms with Gasteiger partial charge < -0.3 is 20.1 Å². The number of para-hydroxylation sites is 2. The Morgan fingerprint density at radius 3 is 2.47 bits per heavy atom. The minimum absolute atomic E-state index is 0.184. The molecule has 0 fully saturated rings. The number of nitrogens with one attached hydrogen (secondary N) is 3. The summed E-state index contributed by atoms with van der Waals surface area (Å²) in [5.41, 5.74) is 1.05. The van der Waals surface area contributed by atoms with E-state index in [0.29, 0.717) is 18.6 Å². The second-order valence-electron chi connectivity index (χ2n) is 6.72. The Bertz CT molecular complexity index is 1030. The number of methoxy groups -OCH3 is 1. The highest BCUT2D eigenvalue weighted by Crippen LogP contribution is 2.34. The lowest BCUT2D eigenvalue weighted by Gasteiger charge is -2.14. The molecule has 0 aliphatic rings. The van der Waals surface area contributed by atoms with Crippen molar-refractivity contribution in [3.63, 3.8) is 0 Å². The van der Waals surface area contributed by atoms with Gasteiger partial charge in [0.2, 0.25) is 0 Å². The van der Waals surface area contributed by atoms with Crippen molar-refractivity contribution in [2.45, 2.75) is 12.6 Å². The molecule has 0 saturated carbocycles. The van der Waals surface area contributed by atoms with Gasteiger partial charge in [-0.3, -0.25) is 14.4 Å². The summed E-state index contributed by atoms with van der Waals surface area (Å²) in [7, 11) is 1.52. The number of hydrazone groups is 1. The standard InChI is InChI=1S/C22H23F3N4O5/c1-33-12-6-11-26-20(31)21(32)29-27-13-15-7-2-5-10-18(15)34-14-19(30)28-17-9-4-3-8-16(17)22(23,24)25/h2-5,7-10,13H,6,11-12,14H2,1H3,(H,26,31)(H,28,30)(H,29,32)/b27-13-. The average Bonchev–Trinajstić information content (AvgIpc) is 2.80. The zero-order valence-electron chi connectivity index (χ0n) is 18.1. The Balaban J connectivity index is 1.92. The number of benzene rings is 2. The van der Waals surface area contributed by atoms with Gasteiger partial charge in [-0.1, -0.05) is 24.3 Å². The molecular formula is C22H23F3N4O5. The maximum Gasteiger partial charge on any atom is 0.418 e. The third-order valence-corrected chi connectivity index (χ3v) is 4.17. The summed E-state index contributed by atoms with van der Waals surface area (Å²) < 4.78 is 49.4. The van der Waals surface area contributed by atoms with E-state index < -0.39 is 36.1 Å².